The maximum atomic E-state index is 4.56. The lowest BCUT2D eigenvalue weighted by Gasteiger charge is -1.95. The highest BCUT2D eigenvalue weighted by molar-refractivity contribution is 9.08. The maximum Gasteiger partial charge on any atom is 0.106 e. The molecule has 0 unspecified atom stereocenters. The Morgan fingerprint density at radius 3 is 2.58 bits per heavy atom. The fourth-order valence-corrected chi connectivity index (χ4v) is 1.18. The van der Waals surface area contributed by atoms with Crippen molar-refractivity contribution in [3.8, 4) is 0 Å². The van der Waals surface area contributed by atoms with Crippen molar-refractivity contribution < 1.29 is 4.84 Å². The molecule has 64 valence electrons. The smallest absolute Gasteiger partial charge is 0.106 e. The Bertz CT molecular complexity index is 256. The third-order valence-electron chi connectivity index (χ3n) is 1.44. The number of halogens is 1. The van der Waals surface area contributed by atoms with Gasteiger partial charge in [-0.1, -0.05) is 45.4 Å². The van der Waals surface area contributed by atoms with Gasteiger partial charge in [-0.2, -0.15) is 0 Å². The van der Waals surface area contributed by atoms with E-state index in [1.54, 1.807) is 6.21 Å². The molecule has 0 radical (unpaired) electrons. The number of hydrogen-bond donors (Lipinski definition) is 0. The van der Waals surface area contributed by atoms with Crippen molar-refractivity contribution in [1.82, 2.24) is 0 Å². The average Bonchev–Trinajstić information content (AvgIpc) is 2.15. The maximum absolute atomic E-state index is 4.56. The zero-order chi connectivity index (χ0) is 8.81. The van der Waals surface area contributed by atoms with Crippen LogP contribution in [0.1, 0.15) is 11.1 Å². The Morgan fingerprint density at radius 1 is 1.42 bits per heavy atom. The lowest BCUT2D eigenvalue weighted by molar-refractivity contribution is 0.215. The monoisotopic (exact) mass is 227 g/mol. The first-order chi connectivity index (χ1) is 5.86. The van der Waals surface area contributed by atoms with Crippen LogP contribution in [0.2, 0.25) is 0 Å². The third-order valence-corrected chi connectivity index (χ3v) is 2.09. The minimum absolute atomic E-state index is 0.884. The molecule has 0 spiro atoms. The molecule has 0 aliphatic rings. The second-order valence-electron chi connectivity index (χ2n) is 2.29. The van der Waals surface area contributed by atoms with Gasteiger partial charge in [0, 0.05) is 5.33 Å². The highest BCUT2D eigenvalue weighted by atomic mass is 79.9. The molecular formula is C9H10BrNO. The normalized spacial score (nSPS) is 10.5. The summed E-state index contributed by atoms with van der Waals surface area (Å²) in [5.41, 5.74) is 2.30. The quantitative estimate of drug-likeness (QED) is 0.442. The molecule has 0 fully saturated rings. The van der Waals surface area contributed by atoms with E-state index < -0.39 is 0 Å². The molecule has 0 bridgehead atoms. The Hall–Kier alpha value is -0.830. The van der Waals surface area contributed by atoms with Gasteiger partial charge in [0.1, 0.15) is 7.11 Å². The largest absolute Gasteiger partial charge is 0.399 e. The van der Waals surface area contributed by atoms with Crippen LogP contribution in [0.15, 0.2) is 29.4 Å². The van der Waals surface area contributed by atoms with Gasteiger partial charge >= 0.3 is 0 Å². The van der Waals surface area contributed by atoms with Crippen molar-refractivity contribution in [2.45, 2.75) is 5.33 Å². The topological polar surface area (TPSA) is 21.6 Å². The van der Waals surface area contributed by atoms with E-state index in [4.69, 9.17) is 0 Å². The van der Waals surface area contributed by atoms with Crippen LogP contribution in [0.5, 0.6) is 0 Å². The predicted molar refractivity (Wildman–Crippen MR) is 53.7 cm³/mol. The zero-order valence-electron chi connectivity index (χ0n) is 6.83. The molecule has 0 aliphatic carbocycles. The summed E-state index contributed by atoms with van der Waals surface area (Å²) in [5.74, 6) is 0. The fourth-order valence-electron chi connectivity index (χ4n) is 0.806. The van der Waals surface area contributed by atoms with E-state index in [-0.39, 0.29) is 0 Å². The summed E-state index contributed by atoms with van der Waals surface area (Å²) in [4.78, 5) is 4.56. The van der Waals surface area contributed by atoms with Crippen molar-refractivity contribution in [3.05, 3.63) is 35.4 Å². The van der Waals surface area contributed by atoms with Crippen molar-refractivity contribution >= 4 is 22.1 Å². The number of rotatable bonds is 3. The first-order valence-corrected chi connectivity index (χ1v) is 4.70. The van der Waals surface area contributed by atoms with E-state index in [2.05, 4.69) is 25.9 Å². The molecule has 0 aliphatic heterocycles. The highest BCUT2D eigenvalue weighted by Crippen LogP contribution is 2.06. The van der Waals surface area contributed by atoms with Gasteiger partial charge in [0.05, 0.1) is 6.21 Å². The molecule has 0 saturated carbocycles. The minimum atomic E-state index is 0.884. The summed E-state index contributed by atoms with van der Waals surface area (Å²) in [7, 11) is 1.53. The molecule has 0 heterocycles. The first-order valence-electron chi connectivity index (χ1n) is 3.58. The van der Waals surface area contributed by atoms with Crippen LogP contribution in [0.25, 0.3) is 0 Å². The van der Waals surface area contributed by atoms with Crippen molar-refractivity contribution in [2.24, 2.45) is 5.16 Å². The van der Waals surface area contributed by atoms with Gasteiger partial charge in [0.25, 0.3) is 0 Å². The molecule has 1 aromatic rings. The van der Waals surface area contributed by atoms with E-state index in [1.165, 1.54) is 12.7 Å². The van der Waals surface area contributed by atoms with Gasteiger partial charge in [-0.3, -0.25) is 0 Å². The number of hydrogen-bond acceptors (Lipinski definition) is 2. The molecule has 0 saturated heterocycles. The van der Waals surface area contributed by atoms with Crippen molar-refractivity contribution in [3.63, 3.8) is 0 Å². The molecule has 0 amide bonds. The van der Waals surface area contributed by atoms with E-state index in [0.717, 1.165) is 10.9 Å². The number of nitrogens with zero attached hydrogens (tertiary/aromatic N) is 1. The van der Waals surface area contributed by atoms with Gasteiger partial charge < -0.3 is 4.84 Å². The van der Waals surface area contributed by atoms with E-state index in [1.807, 2.05) is 24.3 Å². The van der Waals surface area contributed by atoms with E-state index in [0.29, 0.717) is 0 Å². The Morgan fingerprint density at radius 2 is 2.08 bits per heavy atom. The van der Waals surface area contributed by atoms with Crippen LogP contribution >= 0.6 is 15.9 Å². The average molecular weight is 228 g/mol. The molecule has 0 atom stereocenters. The summed E-state index contributed by atoms with van der Waals surface area (Å²) in [6.45, 7) is 0. The summed E-state index contributed by atoms with van der Waals surface area (Å²) in [6.07, 6.45) is 1.68. The van der Waals surface area contributed by atoms with Gasteiger partial charge in [-0.05, 0) is 11.1 Å². The van der Waals surface area contributed by atoms with Crippen LogP contribution in [0.3, 0.4) is 0 Å². The van der Waals surface area contributed by atoms with E-state index in [9.17, 15) is 0 Å². The Kier molecular flexibility index (Phi) is 3.80. The molecule has 3 heteroatoms. The molecule has 0 aromatic heterocycles. The van der Waals surface area contributed by atoms with Crippen molar-refractivity contribution in [1.29, 1.82) is 0 Å². The molecular weight excluding hydrogens is 218 g/mol. The zero-order valence-corrected chi connectivity index (χ0v) is 8.41. The first kappa shape index (κ1) is 9.26. The molecule has 0 N–H and O–H groups in total. The highest BCUT2D eigenvalue weighted by Gasteiger charge is 1.89. The minimum Gasteiger partial charge on any atom is -0.399 e. The van der Waals surface area contributed by atoms with E-state index >= 15 is 0 Å². The molecule has 2 nitrogen and oxygen atoms in total. The van der Waals surface area contributed by atoms with Crippen LogP contribution in [0.4, 0.5) is 0 Å². The number of oxime groups is 1. The fraction of sp³-hybridized carbons (Fsp3) is 0.222. The van der Waals surface area contributed by atoms with Gasteiger partial charge in [0.2, 0.25) is 0 Å². The van der Waals surface area contributed by atoms with Gasteiger partial charge in [-0.15, -0.1) is 0 Å². The predicted octanol–water partition coefficient (Wildman–Crippen LogP) is 2.56. The third kappa shape index (κ3) is 2.66. The lowest BCUT2D eigenvalue weighted by atomic mass is 10.2. The molecule has 1 rings (SSSR count). The molecule has 12 heavy (non-hydrogen) atoms. The van der Waals surface area contributed by atoms with Crippen molar-refractivity contribution in [2.75, 3.05) is 7.11 Å². The van der Waals surface area contributed by atoms with Gasteiger partial charge in [0.15, 0.2) is 0 Å². The summed E-state index contributed by atoms with van der Waals surface area (Å²) in [6, 6.07) is 8.09. The number of alkyl halides is 1. The summed E-state index contributed by atoms with van der Waals surface area (Å²) < 4.78 is 0. The Labute approximate surface area is 80.4 Å². The summed E-state index contributed by atoms with van der Waals surface area (Å²) in [5, 5.41) is 4.54. The second-order valence-corrected chi connectivity index (χ2v) is 2.85. The lowest BCUT2D eigenvalue weighted by Crippen LogP contribution is -1.83. The second kappa shape index (κ2) is 4.93. The molecule has 1 aromatic carbocycles. The van der Waals surface area contributed by atoms with Gasteiger partial charge in [-0.25, -0.2) is 0 Å². The standard InChI is InChI=1S/C9H10BrNO/c1-12-11-7-9-4-2-8(6-10)3-5-9/h2-5,7H,6H2,1H3. The summed E-state index contributed by atoms with van der Waals surface area (Å²) >= 11 is 3.38. The van der Waals surface area contributed by atoms with Crippen LogP contribution in [-0.4, -0.2) is 13.3 Å². The van der Waals surface area contributed by atoms with Crippen LogP contribution in [-0.2, 0) is 10.2 Å². The number of benzene rings is 1. The van der Waals surface area contributed by atoms with Crippen LogP contribution < -0.4 is 0 Å². The van der Waals surface area contributed by atoms with Crippen LogP contribution in [0, 0.1) is 0 Å². The Balaban J connectivity index is 2.71. The SMILES string of the molecule is CON=Cc1ccc(CBr)cc1.